The summed E-state index contributed by atoms with van der Waals surface area (Å²) in [5.74, 6) is -0.531. The second kappa shape index (κ2) is 5.82. The number of hydrogen-bond acceptors (Lipinski definition) is 4. The van der Waals surface area contributed by atoms with E-state index in [2.05, 4.69) is 14.8 Å². The Labute approximate surface area is 79.4 Å². The highest BCUT2D eigenvalue weighted by molar-refractivity contribution is 5.74. The number of methoxy groups -OCH3 is 1. The second-order valence-corrected chi connectivity index (χ2v) is 2.49. The Hall–Kier alpha value is -0.820. The Bertz CT molecular complexity index is 184. The number of rotatable bonds is 5. The molecule has 0 spiro atoms. The van der Waals surface area contributed by atoms with Gasteiger partial charge in [-0.1, -0.05) is 0 Å². The van der Waals surface area contributed by atoms with E-state index in [0.717, 1.165) is 0 Å². The SMILES string of the molecule is COC(=O)C(C)NCCOC(F)(F)F. The van der Waals surface area contributed by atoms with Gasteiger partial charge >= 0.3 is 12.3 Å². The number of halogens is 3. The summed E-state index contributed by atoms with van der Waals surface area (Å²) in [6.07, 6.45) is -4.63. The zero-order valence-corrected chi connectivity index (χ0v) is 7.85. The van der Waals surface area contributed by atoms with Crippen molar-refractivity contribution in [3.05, 3.63) is 0 Å². The molecule has 0 aliphatic rings. The van der Waals surface area contributed by atoms with Gasteiger partial charge in [0, 0.05) is 6.54 Å². The van der Waals surface area contributed by atoms with Gasteiger partial charge in [0.15, 0.2) is 0 Å². The molecule has 0 amide bonds. The minimum Gasteiger partial charge on any atom is -0.468 e. The Morgan fingerprint density at radius 1 is 1.50 bits per heavy atom. The largest absolute Gasteiger partial charge is 0.522 e. The number of carbonyl (C=O) groups is 1. The molecule has 1 N–H and O–H groups in total. The first-order valence-electron chi connectivity index (χ1n) is 3.88. The van der Waals surface area contributed by atoms with Gasteiger partial charge < -0.3 is 10.1 Å². The molecule has 14 heavy (non-hydrogen) atoms. The molecule has 1 atom stereocenters. The Kier molecular flexibility index (Phi) is 5.47. The Morgan fingerprint density at radius 3 is 2.50 bits per heavy atom. The van der Waals surface area contributed by atoms with Crippen LogP contribution in [0, 0.1) is 0 Å². The highest BCUT2D eigenvalue weighted by Crippen LogP contribution is 2.15. The van der Waals surface area contributed by atoms with Crippen molar-refractivity contribution >= 4 is 5.97 Å². The van der Waals surface area contributed by atoms with Crippen LogP contribution in [-0.2, 0) is 14.3 Å². The highest BCUT2D eigenvalue weighted by Gasteiger charge is 2.28. The highest BCUT2D eigenvalue weighted by atomic mass is 19.4. The average Bonchev–Trinajstić information content (AvgIpc) is 2.09. The van der Waals surface area contributed by atoms with Crippen LogP contribution < -0.4 is 5.32 Å². The fraction of sp³-hybridized carbons (Fsp3) is 0.857. The van der Waals surface area contributed by atoms with Crippen LogP contribution in [0.5, 0.6) is 0 Å². The van der Waals surface area contributed by atoms with Crippen molar-refractivity contribution in [3.63, 3.8) is 0 Å². The lowest BCUT2D eigenvalue weighted by Crippen LogP contribution is -2.37. The maximum absolute atomic E-state index is 11.5. The van der Waals surface area contributed by atoms with Gasteiger partial charge in [-0.05, 0) is 6.92 Å². The van der Waals surface area contributed by atoms with Crippen LogP contribution in [0.3, 0.4) is 0 Å². The van der Waals surface area contributed by atoms with Gasteiger partial charge in [0.25, 0.3) is 0 Å². The molecular formula is C7H12F3NO3. The molecule has 0 aliphatic carbocycles. The van der Waals surface area contributed by atoms with Crippen LogP contribution in [0.25, 0.3) is 0 Å². The third-order valence-corrected chi connectivity index (χ3v) is 1.37. The summed E-state index contributed by atoms with van der Waals surface area (Å²) in [5, 5.41) is 2.51. The first kappa shape index (κ1) is 13.2. The molecule has 0 bridgehead atoms. The monoisotopic (exact) mass is 215 g/mol. The zero-order valence-electron chi connectivity index (χ0n) is 7.85. The lowest BCUT2D eigenvalue weighted by atomic mass is 10.3. The predicted molar refractivity (Wildman–Crippen MR) is 41.5 cm³/mol. The molecule has 0 aromatic rings. The van der Waals surface area contributed by atoms with E-state index in [1.165, 1.54) is 14.0 Å². The summed E-state index contributed by atoms with van der Waals surface area (Å²) in [4.78, 5) is 10.8. The fourth-order valence-electron chi connectivity index (χ4n) is 0.702. The molecule has 7 heteroatoms. The van der Waals surface area contributed by atoms with Crippen molar-refractivity contribution in [2.45, 2.75) is 19.3 Å². The van der Waals surface area contributed by atoms with Crippen LogP contribution >= 0.6 is 0 Å². The number of esters is 1. The average molecular weight is 215 g/mol. The quantitative estimate of drug-likeness (QED) is 0.541. The van der Waals surface area contributed by atoms with E-state index in [0.29, 0.717) is 0 Å². The van der Waals surface area contributed by atoms with E-state index in [4.69, 9.17) is 0 Å². The zero-order chi connectivity index (χ0) is 11.2. The first-order valence-corrected chi connectivity index (χ1v) is 3.88. The number of alkyl halides is 3. The normalized spacial score (nSPS) is 13.8. The van der Waals surface area contributed by atoms with Crippen molar-refractivity contribution < 1.29 is 27.4 Å². The van der Waals surface area contributed by atoms with Gasteiger partial charge in [0.05, 0.1) is 13.7 Å². The summed E-state index contributed by atoms with van der Waals surface area (Å²) >= 11 is 0. The molecule has 0 aromatic carbocycles. The van der Waals surface area contributed by atoms with Crippen molar-refractivity contribution in [1.82, 2.24) is 5.32 Å². The van der Waals surface area contributed by atoms with Crippen LogP contribution in [0.1, 0.15) is 6.92 Å². The van der Waals surface area contributed by atoms with Gasteiger partial charge in [-0.15, -0.1) is 13.2 Å². The van der Waals surface area contributed by atoms with Gasteiger partial charge in [-0.25, -0.2) is 0 Å². The summed E-state index contributed by atoms with van der Waals surface area (Å²) in [6, 6.07) is -0.642. The van der Waals surface area contributed by atoms with Crippen LogP contribution in [0.4, 0.5) is 13.2 Å². The van der Waals surface area contributed by atoms with E-state index in [9.17, 15) is 18.0 Å². The first-order chi connectivity index (χ1) is 6.37. The molecule has 0 saturated carbocycles. The minimum absolute atomic E-state index is 0.0736. The summed E-state index contributed by atoms with van der Waals surface area (Å²) in [5.41, 5.74) is 0. The lowest BCUT2D eigenvalue weighted by molar-refractivity contribution is -0.323. The Balaban J connectivity index is 3.50. The van der Waals surface area contributed by atoms with Crippen molar-refractivity contribution in [2.75, 3.05) is 20.3 Å². The third kappa shape index (κ3) is 6.67. The maximum atomic E-state index is 11.5. The maximum Gasteiger partial charge on any atom is 0.522 e. The number of hydrogen-bond donors (Lipinski definition) is 1. The van der Waals surface area contributed by atoms with Crippen LogP contribution in [-0.4, -0.2) is 38.6 Å². The topological polar surface area (TPSA) is 47.6 Å². The van der Waals surface area contributed by atoms with E-state index in [1.807, 2.05) is 0 Å². The lowest BCUT2D eigenvalue weighted by Gasteiger charge is -2.12. The van der Waals surface area contributed by atoms with E-state index in [1.54, 1.807) is 0 Å². The smallest absolute Gasteiger partial charge is 0.468 e. The molecule has 0 saturated heterocycles. The standard InChI is InChI=1S/C7H12F3NO3/c1-5(6(12)13-2)11-3-4-14-7(8,9)10/h5,11H,3-4H2,1-2H3. The van der Waals surface area contributed by atoms with Crippen LogP contribution in [0.2, 0.25) is 0 Å². The molecule has 0 fully saturated rings. The van der Waals surface area contributed by atoms with Crippen molar-refractivity contribution in [3.8, 4) is 0 Å². The predicted octanol–water partition coefficient (Wildman–Crippen LogP) is 0.674. The number of carbonyl (C=O) groups excluding carboxylic acids is 1. The summed E-state index contributed by atoms with van der Waals surface area (Å²) in [7, 11) is 1.20. The van der Waals surface area contributed by atoms with Crippen molar-refractivity contribution in [1.29, 1.82) is 0 Å². The van der Waals surface area contributed by atoms with E-state index >= 15 is 0 Å². The molecule has 84 valence electrons. The molecular weight excluding hydrogens is 203 g/mol. The molecule has 0 aromatic heterocycles. The third-order valence-electron chi connectivity index (χ3n) is 1.37. The number of ether oxygens (including phenoxy) is 2. The molecule has 0 heterocycles. The molecule has 0 aliphatic heterocycles. The van der Waals surface area contributed by atoms with Gasteiger partial charge in [-0.3, -0.25) is 9.53 Å². The Morgan fingerprint density at radius 2 is 2.07 bits per heavy atom. The summed E-state index contributed by atoms with van der Waals surface area (Å²) in [6.45, 7) is 0.875. The van der Waals surface area contributed by atoms with Gasteiger partial charge in [-0.2, -0.15) is 0 Å². The van der Waals surface area contributed by atoms with E-state index < -0.39 is 25.0 Å². The molecule has 0 radical (unpaired) electrons. The van der Waals surface area contributed by atoms with Crippen molar-refractivity contribution in [2.24, 2.45) is 0 Å². The molecule has 1 unspecified atom stereocenters. The van der Waals surface area contributed by atoms with Crippen LogP contribution in [0.15, 0.2) is 0 Å². The summed E-state index contributed by atoms with van der Waals surface area (Å²) < 4.78 is 42.2. The van der Waals surface area contributed by atoms with Gasteiger partial charge in [0.2, 0.25) is 0 Å². The number of nitrogens with one attached hydrogen (secondary N) is 1. The molecule has 0 rings (SSSR count). The van der Waals surface area contributed by atoms with Gasteiger partial charge in [0.1, 0.15) is 6.04 Å². The fourth-order valence-corrected chi connectivity index (χ4v) is 0.702. The molecule has 4 nitrogen and oxygen atoms in total. The van der Waals surface area contributed by atoms with E-state index in [-0.39, 0.29) is 6.54 Å². The second-order valence-electron chi connectivity index (χ2n) is 2.49. The minimum atomic E-state index is -4.63.